The highest BCUT2D eigenvalue weighted by Gasteiger charge is 2.70. The standard InChI is InChI=1S/C28H27ClN4O6/c1-37-19-8-5-14(11-20(19)38-2)9-10-33-27(35)21-17-12-18(22(21)28(33)36)25-23(17)24(32-39-25)26(34)31-30-13-15-3-6-16(29)7-4-15/h3-8,11,13,17-18,21-23,25H,9-10,12H2,1-2H3,(H,31,34)/b30-13+/t17-,18+,21+,22+,23-,25+/m1/s1. The third kappa shape index (κ3) is 4.23. The van der Waals surface area contributed by atoms with Crippen LogP contribution in [-0.2, 0) is 25.6 Å². The van der Waals surface area contributed by atoms with Gasteiger partial charge < -0.3 is 14.3 Å². The van der Waals surface area contributed by atoms with E-state index < -0.39 is 17.7 Å². The van der Waals surface area contributed by atoms with E-state index in [2.05, 4.69) is 15.7 Å². The van der Waals surface area contributed by atoms with Gasteiger partial charge in [0, 0.05) is 17.5 Å². The fourth-order valence-electron chi connectivity index (χ4n) is 6.64. The first-order chi connectivity index (χ1) is 18.9. The molecule has 39 heavy (non-hydrogen) atoms. The molecule has 10 nitrogen and oxygen atoms in total. The monoisotopic (exact) mass is 550 g/mol. The Hall–Kier alpha value is -3.92. The molecule has 2 heterocycles. The van der Waals surface area contributed by atoms with Crippen molar-refractivity contribution in [3.8, 4) is 11.5 Å². The number of oxime groups is 1. The molecular formula is C28H27ClN4O6. The van der Waals surface area contributed by atoms with Crippen LogP contribution in [0.3, 0.4) is 0 Å². The minimum absolute atomic E-state index is 0.154. The Morgan fingerprint density at radius 2 is 1.79 bits per heavy atom. The number of imide groups is 1. The molecule has 11 heteroatoms. The lowest BCUT2D eigenvalue weighted by molar-refractivity contribution is -0.141. The van der Waals surface area contributed by atoms with Crippen LogP contribution in [0.2, 0.25) is 5.02 Å². The number of nitrogens with zero attached hydrogens (tertiary/aromatic N) is 3. The van der Waals surface area contributed by atoms with Crippen molar-refractivity contribution in [1.29, 1.82) is 0 Å². The highest BCUT2D eigenvalue weighted by Crippen LogP contribution is 2.61. The van der Waals surface area contributed by atoms with Crippen molar-refractivity contribution in [2.75, 3.05) is 20.8 Å². The molecule has 0 radical (unpaired) electrons. The highest BCUT2D eigenvalue weighted by atomic mass is 35.5. The average Bonchev–Trinajstić information content (AvgIpc) is 3.69. The van der Waals surface area contributed by atoms with Crippen LogP contribution in [0.4, 0.5) is 0 Å². The van der Waals surface area contributed by atoms with Crippen LogP contribution in [0.15, 0.2) is 52.7 Å². The lowest BCUT2D eigenvalue weighted by Crippen LogP contribution is -2.44. The van der Waals surface area contributed by atoms with Gasteiger partial charge >= 0.3 is 0 Å². The van der Waals surface area contributed by atoms with Gasteiger partial charge in [-0.3, -0.25) is 19.3 Å². The Morgan fingerprint density at radius 3 is 2.51 bits per heavy atom. The van der Waals surface area contributed by atoms with E-state index >= 15 is 0 Å². The van der Waals surface area contributed by atoms with Crippen molar-refractivity contribution in [3.05, 3.63) is 58.6 Å². The Balaban J connectivity index is 1.12. The van der Waals surface area contributed by atoms with Gasteiger partial charge in [0.15, 0.2) is 17.2 Å². The molecule has 2 saturated carbocycles. The van der Waals surface area contributed by atoms with Crippen LogP contribution in [0.25, 0.3) is 0 Å². The first kappa shape index (κ1) is 25.4. The first-order valence-electron chi connectivity index (χ1n) is 12.8. The molecule has 2 aromatic rings. The third-order valence-corrected chi connectivity index (χ3v) is 8.59. The fourth-order valence-corrected chi connectivity index (χ4v) is 6.77. The SMILES string of the molecule is COc1ccc(CCN2C(=O)[C@H]3[C@@H]4C[C@@H]([C@@H]5C(C(=O)N/N=C/c6ccc(Cl)cc6)=NO[C@@H]45)[C@@H]3C2=O)cc1OC. The number of ether oxygens (including phenoxy) is 2. The van der Waals surface area contributed by atoms with E-state index in [0.29, 0.717) is 29.4 Å². The summed E-state index contributed by atoms with van der Waals surface area (Å²) in [7, 11) is 3.13. The second kappa shape index (κ2) is 10.00. The third-order valence-electron chi connectivity index (χ3n) is 8.34. The molecule has 4 aliphatic rings. The maximum absolute atomic E-state index is 13.5. The topological polar surface area (TPSA) is 119 Å². The summed E-state index contributed by atoms with van der Waals surface area (Å²) in [6.07, 6.45) is 2.27. The zero-order valence-electron chi connectivity index (χ0n) is 21.4. The average molecular weight is 551 g/mol. The Morgan fingerprint density at radius 1 is 1.08 bits per heavy atom. The van der Waals surface area contributed by atoms with Crippen LogP contribution in [-0.4, -0.2) is 61.4 Å². The van der Waals surface area contributed by atoms with Crippen LogP contribution < -0.4 is 14.9 Å². The number of likely N-dealkylation sites (tertiary alicyclic amines) is 1. The highest BCUT2D eigenvalue weighted by molar-refractivity contribution is 6.40. The number of carbonyl (C=O) groups excluding carboxylic acids is 3. The lowest BCUT2D eigenvalue weighted by atomic mass is 9.72. The maximum Gasteiger partial charge on any atom is 0.289 e. The predicted molar refractivity (Wildman–Crippen MR) is 142 cm³/mol. The summed E-state index contributed by atoms with van der Waals surface area (Å²) in [6.45, 7) is 0.274. The van der Waals surface area contributed by atoms with E-state index in [-0.39, 0.29) is 47.9 Å². The van der Waals surface area contributed by atoms with Crippen LogP contribution >= 0.6 is 11.6 Å². The van der Waals surface area contributed by atoms with Gasteiger partial charge in [-0.1, -0.05) is 35.0 Å². The molecule has 2 aromatic carbocycles. The molecule has 3 fully saturated rings. The van der Waals surface area contributed by atoms with Crippen molar-refractivity contribution in [2.45, 2.75) is 18.9 Å². The largest absolute Gasteiger partial charge is 0.493 e. The summed E-state index contributed by atoms with van der Waals surface area (Å²) in [6, 6.07) is 12.6. The lowest BCUT2D eigenvalue weighted by Gasteiger charge is -2.29. The van der Waals surface area contributed by atoms with Crippen molar-refractivity contribution in [2.24, 2.45) is 39.8 Å². The quantitative estimate of drug-likeness (QED) is 0.307. The molecule has 6 atom stereocenters. The molecule has 2 aliphatic carbocycles. The Bertz CT molecular complexity index is 1390. The number of methoxy groups -OCH3 is 2. The van der Waals surface area contributed by atoms with Gasteiger partial charge in [-0.2, -0.15) is 5.10 Å². The second-order valence-corrected chi connectivity index (χ2v) is 10.6. The van der Waals surface area contributed by atoms with Gasteiger partial charge in [-0.05, 0) is 54.2 Å². The normalized spacial score (nSPS) is 28.4. The summed E-state index contributed by atoms with van der Waals surface area (Å²) in [5, 5.41) is 8.69. The summed E-state index contributed by atoms with van der Waals surface area (Å²) < 4.78 is 10.7. The van der Waals surface area contributed by atoms with Gasteiger partial charge in [-0.25, -0.2) is 5.43 Å². The summed E-state index contributed by atoms with van der Waals surface area (Å²) >= 11 is 5.90. The number of amides is 3. The van der Waals surface area contributed by atoms with Crippen molar-refractivity contribution in [1.82, 2.24) is 10.3 Å². The smallest absolute Gasteiger partial charge is 0.289 e. The number of hydrazone groups is 1. The zero-order chi connectivity index (χ0) is 27.3. The van der Waals surface area contributed by atoms with Gasteiger partial charge in [-0.15, -0.1) is 0 Å². The molecule has 2 bridgehead atoms. The molecule has 202 valence electrons. The van der Waals surface area contributed by atoms with E-state index in [1.807, 2.05) is 12.1 Å². The fraction of sp³-hybridized carbons (Fsp3) is 0.393. The number of fused-ring (bicyclic) bond motifs is 8. The Kier molecular flexibility index (Phi) is 6.50. The molecule has 0 aromatic heterocycles. The molecule has 6 rings (SSSR count). The summed E-state index contributed by atoms with van der Waals surface area (Å²) in [5.74, 6) is -1.18. The summed E-state index contributed by atoms with van der Waals surface area (Å²) in [5.41, 5.74) is 4.44. The molecule has 0 spiro atoms. The van der Waals surface area contributed by atoms with Crippen molar-refractivity contribution in [3.63, 3.8) is 0 Å². The van der Waals surface area contributed by atoms with Gasteiger partial charge in [0.05, 0.1) is 38.2 Å². The van der Waals surface area contributed by atoms with Crippen molar-refractivity contribution >= 4 is 41.2 Å². The summed E-state index contributed by atoms with van der Waals surface area (Å²) in [4.78, 5) is 46.9. The number of benzene rings is 2. The van der Waals surface area contributed by atoms with Crippen molar-refractivity contribution < 1.29 is 28.7 Å². The van der Waals surface area contributed by atoms with Crippen LogP contribution in [0, 0.1) is 29.6 Å². The van der Waals surface area contributed by atoms with Gasteiger partial charge in [0.2, 0.25) is 11.8 Å². The first-order valence-corrected chi connectivity index (χ1v) is 13.2. The molecule has 2 aliphatic heterocycles. The van der Waals surface area contributed by atoms with E-state index in [0.717, 1.165) is 11.1 Å². The molecular weight excluding hydrogens is 524 g/mol. The van der Waals surface area contributed by atoms with Gasteiger partial charge in [0.1, 0.15) is 6.10 Å². The predicted octanol–water partition coefficient (Wildman–Crippen LogP) is 2.67. The van der Waals surface area contributed by atoms with E-state index in [1.165, 1.54) is 11.1 Å². The number of halogens is 1. The second-order valence-electron chi connectivity index (χ2n) is 10.2. The van der Waals surface area contributed by atoms with Crippen LogP contribution in [0.1, 0.15) is 17.5 Å². The van der Waals surface area contributed by atoms with Gasteiger partial charge in [0.25, 0.3) is 5.91 Å². The molecule has 1 saturated heterocycles. The number of hydrogen-bond acceptors (Lipinski definition) is 8. The minimum atomic E-state index is -0.473. The number of rotatable bonds is 8. The number of carbonyl (C=O) groups is 3. The van der Waals surface area contributed by atoms with E-state index in [9.17, 15) is 14.4 Å². The van der Waals surface area contributed by atoms with E-state index in [4.69, 9.17) is 25.9 Å². The minimum Gasteiger partial charge on any atom is -0.493 e. The molecule has 3 amide bonds. The molecule has 0 unspecified atom stereocenters. The number of hydrogen-bond donors (Lipinski definition) is 1. The maximum atomic E-state index is 13.5. The van der Waals surface area contributed by atoms with E-state index in [1.54, 1.807) is 44.6 Å². The molecule has 1 N–H and O–H groups in total. The van der Waals surface area contributed by atoms with Crippen LogP contribution in [0.5, 0.6) is 11.5 Å². The number of nitrogens with one attached hydrogen (secondary N) is 1. The zero-order valence-corrected chi connectivity index (χ0v) is 22.1. The Labute approximate surface area is 229 Å².